The predicted octanol–water partition coefficient (Wildman–Crippen LogP) is 2.90. The zero-order valence-electron chi connectivity index (χ0n) is 11.6. The molecule has 0 aliphatic heterocycles. The van der Waals surface area contributed by atoms with Gasteiger partial charge in [0.25, 0.3) is 0 Å². The van der Waals surface area contributed by atoms with Crippen LogP contribution in [0.25, 0.3) is 0 Å². The lowest BCUT2D eigenvalue weighted by Gasteiger charge is -2.19. The molecule has 2 rings (SSSR count). The molecule has 0 spiro atoms. The van der Waals surface area contributed by atoms with Crippen molar-refractivity contribution in [2.45, 2.75) is 19.3 Å². The number of benzene rings is 1. The van der Waals surface area contributed by atoms with Crippen molar-refractivity contribution in [3.8, 4) is 5.75 Å². The summed E-state index contributed by atoms with van der Waals surface area (Å²) in [5, 5.41) is 0. The van der Waals surface area contributed by atoms with Gasteiger partial charge in [0, 0.05) is 23.9 Å². The maximum atomic E-state index is 13.5. The first-order chi connectivity index (χ1) is 9.74. The Bertz CT molecular complexity index is 545. The van der Waals surface area contributed by atoms with Crippen LogP contribution in [-0.2, 0) is 6.42 Å². The molecular weight excluding hydrogens is 255 g/mol. The molecule has 2 aromatic rings. The smallest absolute Gasteiger partial charge is 0.123 e. The fourth-order valence-electron chi connectivity index (χ4n) is 2.25. The maximum absolute atomic E-state index is 13.5. The van der Waals surface area contributed by atoms with Gasteiger partial charge in [-0.05, 0) is 49.7 Å². The monoisotopic (exact) mass is 274 g/mol. The second-order valence-electron chi connectivity index (χ2n) is 4.61. The van der Waals surface area contributed by atoms with Gasteiger partial charge in [0.05, 0.1) is 6.61 Å². The Kier molecular flexibility index (Phi) is 5.07. The number of nitrogens with two attached hydrogens (primary N) is 1. The van der Waals surface area contributed by atoms with Gasteiger partial charge in [-0.25, -0.2) is 4.39 Å². The summed E-state index contributed by atoms with van der Waals surface area (Å²) in [7, 11) is 0. The zero-order valence-corrected chi connectivity index (χ0v) is 11.6. The summed E-state index contributed by atoms with van der Waals surface area (Å²) in [6.45, 7) is 2.88. The van der Waals surface area contributed by atoms with E-state index in [9.17, 15) is 4.39 Å². The van der Waals surface area contributed by atoms with E-state index in [0.717, 1.165) is 11.1 Å². The Morgan fingerprint density at radius 2 is 2.20 bits per heavy atom. The minimum Gasteiger partial charge on any atom is -0.494 e. The van der Waals surface area contributed by atoms with Crippen LogP contribution >= 0.6 is 0 Å². The van der Waals surface area contributed by atoms with Crippen molar-refractivity contribution in [3.05, 3.63) is 59.7 Å². The average Bonchev–Trinajstić information content (AvgIpc) is 2.48. The van der Waals surface area contributed by atoms with Crippen LogP contribution in [0.1, 0.15) is 24.0 Å². The van der Waals surface area contributed by atoms with Crippen LogP contribution in [0.5, 0.6) is 5.75 Å². The molecule has 1 atom stereocenters. The Balaban J connectivity index is 2.28. The molecule has 0 amide bonds. The molecule has 0 aliphatic rings. The number of pyridine rings is 1. The highest BCUT2D eigenvalue weighted by Crippen LogP contribution is 2.29. The minimum atomic E-state index is -0.270. The Morgan fingerprint density at radius 3 is 2.85 bits per heavy atom. The van der Waals surface area contributed by atoms with E-state index in [0.29, 0.717) is 25.3 Å². The standard InChI is InChI=1S/C16H19FN2O/c1-2-20-16-6-5-14(17)9-15(16)13(10-18)8-12-4-3-7-19-11-12/h3-7,9,11,13H,2,8,10,18H2,1H3. The Labute approximate surface area is 118 Å². The fourth-order valence-corrected chi connectivity index (χ4v) is 2.25. The summed E-state index contributed by atoms with van der Waals surface area (Å²) in [6, 6.07) is 8.47. The number of halogens is 1. The largest absolute Gasteiger partial charge is 0.494 e. The number of ether oxygens (including phenoxy) is 1. The molecule has 1 aromatic heterocycles. The molecule has 0 radical (unpaired) electrons. The summed E-state index contributed by atoms with van der Waals surface area (Å²) < 4.78 is 19.1. The van der Waals surface area contributed by atoms with Crippen LogP contribution in [0.4, 0.5) is 4.39 Å². The van der Waals surface area contributed by atoms with E-state index >= 15 is 0 Å². The molecule has 1 unspecified atom stereocenters. The van der Waals surface area contributed by atoms with E-state index in [1.54, 1.807) is 12.3 Å². The number of rotatable bonds is 6. The molecule has 3 nitrogen and oxygen atoms in total. The first kappa shape index (κ1) is 14.5. The van der Waals surface area contributed by atoms with E-state index in [1.807, 2.05) is 25.3 Å². The third-order valence-electron chi connectivity index (χ3n) is 3.20. The van der Waals surface area contributed by atoms with E-state index < -0.39 is 0 Å². The first-order valence-corrected chi connectivity index (χ1v) is 6.75. The lowest BCUT2D eigenvalue weighted by molar-refractivity contribution is 0.333. The Morgan fingerprint density at radius 1 is 1.35 bits per heavy atom. The quantitative estimate of drug-likeness (QED) is 0.881. The lowest BCUT2D eigenvalue weighted by atomic mass is 9.92. The molecule has 2 N–H and O–H groups in total. The number of aromatic nitrogens is 1. The average molecular weight is 274 g/mol. The van der Waals surface area contributed by atoms with Crippen LogP contribution in [-0.4, -0.2) is 18.1 Å². The van der Waals surface area contributed by atoms with E-state index in [4.69, 9.17) is 10.5 Å². The zero-order chi connectivity index (χ0) is 14.4. The van der Waals surface area contributed by atoms with E-state index in [1.165, 1.54) is 12.1 Å². The normalized spacial score (nSPS) is 12.2. The van der Waals surface area contributed by atoms with Crippen molar-refractivity contribution in [3.63, 3.8) is 0 Å². The number of hydrogen-bond donors (Lipinski definition) is 1. The van der Waals surface area contributed by atoms with Crippen molar-refractivity contribution in [1.82, 2.24) is 4.98 Å². The molecule has 0 fully saturated rings. The minimum absolute atomic E-state index is 0.0106. The molecule has 0 aliphatic carbocycles. The van der Waals surface area contributed by atoms with E-state index in [2.05, 4.69) is 4.98 Å². The van der Waals surface area contributed by atoms with Crippen molar-refractivity contribution in [2.75, 3.05) is 13.2 Å². The van der Waals surface area contributed by atoms with Gasteiger partial charge in [-0.2, -0.15) is 0 Å². The molecule has 1 aromatic carbocycles. The van der Waals surface area contributed by atoms with Gasteiger partial charge in [-0.1, -0.05) is 6.07 Å². The molecule has 0 saturated carbocycles. The van der Waals surface area contributed by atoms with Crippen molar-refractivity contribution in [2.24, 2.45) is 5.73 Å². The summed E-state index contributed by atoms with van der Waals surface area (Å²) in [6.07, 6.45) is 4.25. The molecule has 1 heterocycles. The maximum Gasteiger partial charge on any atom is 0.123 e. The third kappa shape index (κ3) is 3.54. The number of nitrogens with zero attached hydrogens (tertiary/aromatic N) is 1. The summed E-state index contributed by atoms with van der Waals surface area (Å²) >= 11 is 0. The van der Waals surface area contributed by atoms with Crippen molar-refractivity contribution >= 4 is 0 Å². The fraction of sp³-hybridized carbons (Fsp3) is 0.312. The molecule has 0 saturated heterocycles. The summed E-state index contributed by atoms with van der Waals surface area (Å²) in [4.78, 5) is 4.10. The molecule has 20 heavy (non-hydrogen) atoms. The van der Waals surface area contributed by atoms with Gasteiger partial charge in [0.15, 0.2) is 0 Å². The van der Waals surface area contributed by atoms with Gasteiger partial charge >= 0.3 is 0 Å². The lowest BCUT2D eigenvalue weighted by Crippen LogP contribution is -2.16. The van der Waals surface area contributed by atoms with Crippen LogP contribution in [0, 0.1) is 5.82 Å². The highest BCUT2D eigenvalue weighted by molar-refractivity contribution is 5.38. The van der Waals surface area contributed by atoms with Gasteiger partial charge in [0.1, 0.15) is 11.6 Å². The second kappa shape index (κ2) is 7.01. The van der Waals surface area contributed by atoms with E-state index in [-0.39, 0.29) is 11.7 Å². The highest BCUT2D eigenvalue weighted by Gasteiger charge is 2.16. The predicted molar refractivity (Wildman–Crippen MR) is 77.3 cm³/mol. The van der Waals surface area contributed by atoms with Gasteiger partial charge in [-0.3, -0.25) is 4.98 Å². The molecule has 106 valence electrons. The SMILES string of the molecule is CCOc1ccc(F)cc1C(CN)Cc1cccnc1. The Hall–Kier alpha value is -1.94. The topological polar surface area (TPSA) is 48.1 Å². The molecule has 0 bridgehead atoms. The van der Waals surface area contributed by atoms with Crippen LogP contribution in [0.15, 0.2) is 42.7 Å². The van der Waals surface area contributed by atoms with Crippen LogP contribution in [0.3, 0.4) is 0 Å². The highest BCUT2D eigenvalue weighted by atomic mass is 19.1. The van der Waals surface area contributed by atoms with Crippen LogP contribution in [0.2, 0.25) is 0 Å². The van der Waals surface area contributed by atoms with Crippen molar-refractivity contribution < 1.29 is 9.13 Å². The second-order valence-corrected chi connectivity index (χ2v) is 4.61. The van der Waals surface area contributed by atoms with Gasteiger partial charge in [-0.15, -0.1) is 0 Å². The van der Waals surface area contributed by atoms with Gasteiger partial charge < -0.3 is 10.5 Å². The first-order valence-electron chi connectivity index (χ1n) is 6.75. The summed E-state index contributed by atoms with van der Waals surface area (Å²) in [5.41, 5.74) is 7.77. The summed E-state index contributed by atoms with van der Waals surface area (Å²) in [5.74, 6) is 0.442. The van der Waals surface area contributed by atoms with Crippen LogP contribution < -0.4 is 10.5 Å². The number of hydrogen-bond acceptors (Lipinski definition) is 3. The van der Waals surface area contributed by atoms with Gasteiger partial charge in [0.2, 0.25) is 0 Å². The van der Waals surface area contributed by atoms with Crippen molar-refractivity contribution in [1.29, 1.82) is 0 Å². The molecule has 4 heteroatoms. The molecular formula is C16H19FN2O. The third-order valence-corrected chi connectivity index (χ3v) is 3.20.